The summed E-state index contributed by atoms with van der Waals surface area (Å²) in [6.45, 7) is 0. The Morgan fingerprint density at radius 2 is 0.455 bits per heavy atom. The van der Waals surface area contributed by atoms with Gasteiger partial charge in [-0.05, 0) is 22.3 Å². The molecular weight excluding hydrogens is 571 g/mol. The molecule has 4 aromatic rings. The molecule has 0 bridgehead atoms. The van der Waals surface area contributed by atoms with Crippen molar-refractivity contribution >= 4 is 68.3 Å². The average molecular weight is 591 g/mol. The molecule has 0 aliphatic carbocycles. The Labute approximate surface area is 230 Å². The minimum atomic E-state index is 0. The Morgan fingerprint density at radius 1 is 0.303 bits per heavy atom. The van der Waals surface area contributed by atoms with E-state index in [4.69, 9.17) is 48.9 Å². The Hall–Kier alpha value is -2.10. The van der Waals surface area contributed by atoms with E-state index in [1.807, 2.05) is 121 Å². The first-order chi connectivity index (χ1) is 15.6. The van der Waals surface area contributed by atoms with Crippen LogP contribution in [0.3, 0.4) is 0 Å². The van der Waals surface area contributed by atoms with Crippen molar-refractivity contribution in [2.75, 3.05) is 0 Å². The summed E-state index contributed by atoms with van der Waals surface area (Å²) in [5, 5.41) is 0. The first-order valence-corrected chi connectivity index (χ1v) is 11.6. The molecule has 4 rings (SSSR count). The summed E-state index contributed by atoms with van der Waals surface area (Å²) in [5.74, 6) is 0. The van der Waals surface area contributed by atoms with Gasteiger partial charge in [0.15, 0.2) is 0 Å². The molecule has 0 radical (unpaired) electrons. The molecule has 0 N–H and O–H groups in total. The van der Waals surface area contributed by atoms with Crippen molar-refractivity contribution in [3.63, 3.8) is 0 Å². The van der Waals surface area contributed by atoms with Gasteiger partial charge in [-0.25, -0.2) is 0 Å². The van der Waals surface area contributed by atoms with Gasteiger partial charge in [0, 0.05) is 20.4 Å². The number of benzene rings is 4. The summed E-state index contributed by atoms with van der Waals surface area (Å²) in [5.41, 5.74) is 4.02. The number of hydrogen-bond donors (Lipinski definition) is 0. The fourth-order valence-electron chi connectivity index (χ4n) is 2.88. The van der Waals surface area contributed by atoms with E-state index in [0.29, 0.717) is 0 Å². The summed E-state index contributed by atoms with van der Waals surface area (Å²) in [7, 11) is 0. The molecule has 0 atom stereocenters. The third kappa shape index (κ3) is 8.01. The molecule has 0 heterocycles. The maximum absolute atomic E-state index is 5.38. The minimum Gasteiger partial charge on any atom is -0.0778 e. The second-order valence-electron chi connectivity index (χ2n) is 6.78. The summed E-state index contributed by atoms with van der Waals surface area (Å²) >= 11 is 21.5. The molecule has 0 aliphatic rings. The van der Waals surface area contributed by atoms with Gasteiger partial charge >= 0.3 is 0 Å². The first kappa shape index (κ1) is 27.1. The zero-order chi connectivity index (χ0) is 22.8. The van der Waals surface area contributed by atoms with Gasteiger partial charge in [-0.1, -0.05) is 170 Å². The van der Waals surface area contributed by atoms with Gasteiger partial charge in [0.25, 0.3) is 0 Å². The molecule has 0 spiro atoms. The summed E-state index contributed by atoms with van der Waals surface area (Å²) in [6.07, 6.45) is 0. The van der Waals surface area contributed by atoms with Crippen molar-refractivity contribution in [3.8, 4) is 0 Å². The fourth-order valence-corrected chi connectivity index (χ4v) is 3.90. The molecule has 0 nitrogen and oxygen atoms in total. The second kappa shape index (κ2) is 14.2. The molecule has 0 amide bonds. The van der Waals surface area contributed by atoms with Gasteiger partial charge in [0.1, 0.15) is 0 Å². The van der Waals surface area contributed by atoms with Crippen LogP contribution in [0, 0.1) is 0 Å². The van der Waals surface area contributed by atoms with Crippen LogP contribution in [-0.4, -0.2) is 19.5 Å². The fraction of sp³-hybridized carbons (Fsp3) is 0. The smallest absolute Gasteiger partial charge is 0.0636 e. The third-order valence-corrected chi connectivity index (χ3v) is 6.57. The van der Waals surface area contributed by atoms with E-state index < -0.39 is 0 Å². The van der Waals surface area contributed by atoms with Crippen molar-refractivity contribution in [1.29, 1.82) is 0 Å². The van der Waals surface area contributed by atoms with Crippen LogP contribution in [0.5, 0.6) is 0 Å². The first-order valence-electron chi connectivity index (χ1n) is 9.96. The van der Waals surface area contributed by atoms with Crippen LogP contribution in [0.2, 0.25) is 0 Å². The Kier molecular flexibility index (Phi) is 11.7. The van der Waals surface area contributed by atoms with Crippen molar-refractivity contribution in [1.82, 2.24) is 0 Å². The molecule has 0 unspecified atom stereocenters. The standard InChI is InChI=1S/2C14H10S2.Pd/c2*15-13(11-7-3-1-4-8-11)14(16)12-9-5-2-6-10-12;/h2*1-10H;. The average Bonchev–Trinajstić information content (AvgIpc) is 2.89. The molecule has 0 aromatic heterocycles. The third-order valence-electron chi connectivity index (χ3n) is 4.56. The van der Waals surface area contributed by atoms with Crippen LogP contribution in [0.25, 0.3) is 0 Å². The van der Waals surface area contributed by atoms with Gasteiger partial charge < -0.3 is 0 Å². The summed E-state index contributed by atoms with van der Waals surface area (Å²) < 4.78 is 0. The van der Waals surface area contributed by atoms with Gasteiger partial charge in [-0.2, -0.15) is 0 Å². The van der Waals surface area contributed by atoms with E-state index >= 15 is 0 Å². The predicted octanol–water partition coefficient (Wildman–Crippen LogP) is 7.64. The minimum absolute atomic E-state index is 0. The quantitative estimate of drug-likeness (QED) is 0.128. The van der Waals surface area contributed by atoms with Crippen molar-refractivity contribution in [2.24, 2.45) is 0 Å². The van der Waals surface area contributed by atoms with Gasteiger partial charge in [-0.15, -0.1) is 0 Å². The monoisotopic (exact) mass is 590 g/mol. The molecule has 33 heavy (non-hydrogen) atoms. The largest absolute Gasteiger partial charge is 0.0778 e. The van der Waals surface area contributed by atoms with Crippen LogP contribution in [0.1, 0.15) is 22.3 Å². The van der Waals surface area contributed by atoms with E-state index in [1.165, 1.54) is 0 Å². The van der Waals surface area contributed by atoms with Crippen molar-refractivity contribution in [2.45, 2.75) is 0 Å². The molecule has 0 saturated heterocycles. The zero-order valence-electron chi connectivity index (χ0n) is 17.5. The van der Waals surface area contributed by atoms with Gasteiger partial charge in [0.2, 0.25) is 0 Å². The molecule has 0 aliphatic heterocycles. The Morgan fingerprint density at radius 3 is 0.606 bits per heavy atom. The summed E-state index contributed by atoms with van der Waals surface area (Å²) in [4.78, 5) is 2.95. The molecule has 4 aromatic carbocycles. The maximum atomic E-state index is 5.38. The Balaban J connectivity index is 0.000000227. The molecule has 5 heteroatoms. The van der Waals surface area contributed by atoms with Crippen LogP contribution in [0.4, 0.5) is 0 Å². The topological polar surface area (TPSA) is 0 Å². The number of hydrogen-bond acceptors (Lipinski definition) is 4. The second-order valence-corrected chi connectivity index (χ2v) is 8.41. The van der Waals surface area contributed by atoms with Crippen LogP contribution in [-0.2, 0) is 20.4 Å². The van der Waals surface area contributed by atoms with Crippen LogP contribution < -0.4 is 0 Å². The zero-order valence-corrected chi connectivity index (χ0v) is 22.3. The normalized spacial score (nSPS) is 9.45. The van der Waals surface area contributed by atoms with Crippen LogP contribution in [0.15, 0.2) is 121 Å². The molecular formula is C28H20PdS4. The number of thiocarbonyl (C=S) groups is 4. The molecule has 0 fully saturated rings. The SMILES string of the molecule is S=C(C(=S)c1ccccc1)c1ccccc1.S=C(C(=S)c1ccccc1)c1ccccc1.[Pd]. The Bertz CT molecular complexity index is 1010. The van der Waals surface area contributed by atoms with E-state index in [-0.39, 0.29) is 20.4 Å². The molecule has 0 saturated carbocycles. The number of rotatable bonds is 6. The summed E-state index contributed by atoms with van der Waals surface area (Å²) in [6, 6.07) is 39.5. The van der Waals surface area contributed by atoms with Crippen LogP contribution >= 0.6 is 48.9 Å². The predicted molar refractivity (Wildman–Crippen MR) is 153 cm³/mol. The van der Waals surface area contributed by atoms with E-state index in [0.717, 1.165) is 41.7 Å². The van der Waals surface area contributed by atoms with E-state index in [9.17, 15) is 0 Å². The van der Waals surface area contributed by atoms with Crippen molar-refractivity contribution < 1.29 is 20.4 Å². The van der Waals surface area contributed by atoms with Gasteiger partial charge in [0.05, 0.1) is 19.5 Å². The van der Waals surface area contributed by atoms with Crippen molar-refractivity contribution in [3.05, 3.63) is 144 Å². The van der Waals surface area contributed by atoms with E-state index in [1.54, 1.807) is 0 Å². The maximum Gasteiger partial charge on any atom is 0.0636 e. The van der Waals surface area contributed by atoms with E-state index in [2.05, 4.69) is 0 Å². The molecule has 166 valence electrons. The van der Waals surface area contributed by atoms with Gasteiger partial charge in [-0.3, -0.25) is 0 Å².